The van der Waals surface area contributed by atoms with Gasteiger partial charge >= 0.3 is 0 Å². The minimum absolute atomic E-state index is 0.810. The first-order chi connectivity index (χ1) is 8.61. The van der Waals surface area contributed by atoms with E-state index in [1.54, 1.807) is 0 Å². The Hall–Kier alpha value is -2.09. The van der Waals surface area contributed by atoms with E-state index in [2.05, 4.69) is 36.2 Å². The fraction of sp³-hybridized carbons (Fsp3) is 0.188. The molecule has 1 heterocycles. The molecule has 0 radical (unpaired) electrons. The molecule has 0 unspecified atom stereocenters. The maximum Gasteiger partial charge on any atom is 0.150 e. The third-order valence-electron chi connectivity index (χ3n) is 3.67. The predicted molar refractivity (Wildman–Crippen MR) is 75.4 cm³/mol. The predicted octanol–water partition coefficient (Wildman–Crippen LogP) is 4.06. The Bertz CT molecular complexity index is 781. The van der Waals surface area contributed by atoms with Gasteiger partial charge in [0.25, 0.3) is 0 Å². The van der Waals surface area contributed by atoms with Gasteiger partial charge in [0.05, 0.1) is 0 Å². The molecule has 0 aliphatic rings. The highest BCUT2D eigenvalue weighted by molar-refractivity contribution is 6.11. The molecule has 1 aromatic heterocycles. The molecule has 0 atom stereocenters. The summed E-state index contributed by atoms with van der Waals surface area (Å²) in [7, 11) is 0. The average molecular weight is 237 g/mol. The van der Waals surface area contributed by atoms with E-state index in [1.165, 1.54) is 16.3 Å². The highest BCUT2D eigenvalue weighted by atomic mass is 16.1. The van der Waals surface area contributed by atoms with Gasteiger partial charge in [-0.1, -0.05) is 11.6 Å². The number of fused-ring (bicyclic) bond motifs is 3. The van der Waals surface area contributed by atoms with Crippen molar-refractivity contribution < 1.29 is 4.79 Å². The van der Waals surface area contributed by atoms with Crippen molar-refractivity contribution in [1.29, 1.82) is 0 Å². The van der Waals surface area contributed by atoms with Gasteiger partial charge in [-0.15, -0.1) is 0 Å². The lowest BCUT2D eigenvalue weighted by Gasteiger charge is -2.05. The molecule has 0 aliphatic carbocycles. The standard InChI is InChI=1S/C16H15NO/c1-9-4-5-14-12(6-9)16-11(3)13(8-18)10(2)7-15(16)17-14/h4-8,17H,1-3H3. The summed E-state index contributed by atoms with van der Waals surface area (Å²) < 4.78 is 0. The molecule has 0 spiro atoms. The van der Waals surface area contributed by atoms with Crippen molar-refractivity contribution in [3.63, 3.8) is 0 Å². The van der Waals surface area contributed by atoms with Crippen LogP contribution in [0.25, 0.3) is 21.8 Å². The number of hydrogen-bond donors (Lipinski definition) is 1. The van der Waals surface area contributed by atoms with Gasteiger partial charge in [0.1, 0.15) is 0 Å². The topological polar surface area (TPSA) is 32.9 Å². The van der Waals surface area contributed by atoms with Crippen LogP contribution in [0.2, 0.25) is 0 Å². The molecule has 3 aromatic rings. The van der Waals surface area contributed by atoms with Crippen LogP contribution >= 0.6 is 0 Å². The summed E-state index contributed by atoms with van der Waals surface area (Å²) in [4.78, 5) is 14.6. The van der Waals surface area contributed by atoms with Gasteiger partial charge in [-0.3, -0.25) is 4.79 Å². The number of aromatic nitrogens is 1. The van der Waals surface area contributed by atoms with Crippen molar-refractivity contribution in [2.45, 2.75) is 20.8 Å². The number of nitrogens with one attached hydrogen (secondary N) is 1. The smallest absolute Gasteiger partial charge is 0.150 e. The molecule has 0 saturated heterocycles. The van der Waals surface area contributed by atoms with Crippen LogP contribution in [-0.2, 0) is 0 Å². The molecule has 18 heavy (non-hydrogen) atoms. The number of aldehydes is 1. The summed E-state index contributed by atoms with van der Waals surface area (Å²) in [5.74, 6) is 0. The number of hydrogen-bond acceptors (Lipinski definition) is 1. The lowest BCUT2D eigenvalue weighted by atomic mass is 9.98. The molecule has 0 amide bonds. The summed E-state index contributed by atoms with van der Waals surface area (Å²) in [6.07, 6.45) is 0.957. The van der Waals surface area contributed by atoms with Gasteiger partial charge in [0.2, 0.25) is 0 Å². The van der Waals surface area contributed by atoms with Crippen LogP contribution < -0.4 is 0 Å². The van der Waals surface area contributed by atoms with E-state index >= 15 is 0 Å². The van der Waals surface area contributed by atoms with Crippen molar-refractivity contribution in [2.75, 3.05) is 0 Å². The normalized spacial score (nSPS) is 11.3. The zero-order valence-electron chi connectivity index (χ0n) is 10.8. The molecule has 1 N–H and O–H groups in total. The second-order valence-electron chi connectivity index (χ2n) is 4.95. The van der Waals surface area contributed by atoms with Gasteiger partial charge in [0, 0.05) is 27.4 Å². The van der Waals surface area contributed by atoms with Crippen LogP contribution in [0.3, 0.4) is 0 Å². The van der Waals surface area contributed by atoms with E-state index in [-0.39, 0.29) is 0 Å². The summed E-state index contributed by atoms with van der Waals surface area (Å²) in [5, 5.41) is 2.37. The van der Waals surface area contributed by atoms with Crippen LogP contribution in [-0.4, -0.2) is 11.3 Å². The third kappa shape index (κ3) is 1.39. The zero-order valence-corrected chi connectivity index (χ0v) is 10.8. The average Bonchev–Trinajstić information content (AvgIpc) is 2.66. The van der Waals surface area contributed by atoms with Gasteiger partial charge in [-0.05, 0) is 50.1 Å². The Labute approximate surface area is 106 Å². The van der Waals surface area contributed by atoms with Crippen molar-refractivity contribution >= 4 is 28.1 Å². The maximum atomic E-state index is 11.2. The van der Waals surface area contributed by atoms with E-state index in [1.807, 2.05) is 13.8 Å². The van der Waals surface area contributed by atoms with E-state index in [0.29, 0.717) is 0 Å². The van der Waals surface area contributed by atoms with Gasteiger partial charge in [-0.25, -0.2) is 0 Å². The van der Waals surface area contributed by atoms with Gasteiger partial charge in [0.15, 0.2) is 6.29 Å². The van der Waals surface area contributed by atoms with Crippen molar-refractivity contribution in [3.05, 3.63) is 46.5 Å². The lowest BCUT2D eigenvalue weighted by Crippen LogP contribution is -1.92. The fourth-order valence-electron chi connectivity index (χ4n) is 2.74. The molecular weight excluding hydrogens is 222 g/mol. The van der Waals surface area contributed by atoms with Crippen LogP contribution in [0.1, 0.15) is 27.0 Å². The largest absolute Gasteiger partial charge is 0.354 e. The number of benzene rings is 2. The summed E-state index contributed by atoms with van der Waals surface area (Å²) in [6, 6.07) is 8.42. The highest BCUT2D eigenvalue weighted by Crippen LogP contribution is 2.31. The molecule has 2 nitrogen and oxygen atoms in total. The van der Waals surface area contributed by atoms with Gasteiger partial charge in [-0.2, -0.15) is 0 Å². The first-order valence-electron chi connectivity index (χ1n) is 6.09. The SMILES string of the molecule is Cc1ccc2[nH]c3cc(C)c(C=O)c(C)c3c2c1. The molecule has 0 fully saturated rings. The number of rotatable bonds is 1. The van der Waals surface area contributed by atoms with E-state index < -0.39 is 0 Å². The molecule has 0 bridgehead atoms. The Balaban J connectivity index is 2.58. The van der Waals surface area contributed by atoms with Crippen molar-refractivity contribution in [3.8, 4) is 0 Å². The maximum absolute atomic E-state index is 11.2. The second-order valence-corrected chi connectivity index (χ2v) is 4.95. The highest BCUT2D eigenvalue weighted by Gasteiger charge is 2.12. The van der Waals surface area contributed by atoms with Crippen LogP contribution in [0.4, 0.5) is 0 Å². The first-order valence-corrected chi connectivity index (χ1v) is 6.09. The number of carbonyl (C=O) groups is 1. The van der Waals surface area contributed by atoms with E-state index in [0.717, 1.165) is 34.0 Å². The lowest BCUT2D eigenvalue weighted by molar-refractivity contribution is 0.112. The molecule has 2 heteroatoms. The Kier molecular flexibility index (Phi) is 2.27. The Morgan fingerprint density at radius 1 is 1.06 bits per heavy atom. The van der Waals surface area contributed by atoms with Crippen LogP contribution in [0, 0.1) is 20.8 Å². The summed E-state index contributed by atoms with van der Waals surface area (Å²) in [6.45, 7) is 6.09. The summed E-state index contributed by atoms with van der Waals surface area (Å²) in [5.41, 5.74) is 6.37. The second kappa shape index (κ2) is 3.70. The molecule has 0 aliphatic heterocycles. The number of aryl methyl sites for hydroxylation is 3. The van der Waals surface area contributed by atoms with Crippen molar-refractivity contribution in [2.24, 2.45) is 0 Å². The minimum atomic E-state index is 0.810. The number of carbonyl (C=O) groups excluding carboxylic acids is 1. The monoisotopic (exact) mass is 237 g/mol. The fourth-order valence-corrected chi connectivity index (χ4v) is 2.74. The zero-order chi connectivity index (χ0) is 12.9. The minimum Gasteiger partial charge on any atom is -0.354 e. The number of aromatic amines is 1. The van der Waals surface area contributed by atoms with E-state index in [4.69, 9.17) is 0 Å². The Morgan fingerprint density at radius 3 is 2.56 bits per heavy atom. The summed E-state index contributed by atoms with van der Waals surface area (Å²) >= 11 is 0. The van der Waals surface area contributed by atoms with Crippen LogP contribution in [0.15, 0.2) is 24.3 Å². The molecule has 90 valence electrons. The Morgan fingerprint density at radius 2 is 1.83 bits per heavy atom. The molecule has 2 aromatic carbocycles. The van der Waals surface area contributed by atoms with Crippen molar-refractivity contribution in [1.82, 2.24) is 4.98 Å². The van der Waals surface area contributed by atoms with Crippen LogP contribution in [0.5, 0.6) is 0 Å². The third-order valence-corrected chi connectivity index (χ3v) is 3.67. The quantitative estimate of drug-likeness (QED) is 0.636. The molecule has 0 saturated carbocycles. The first kappa shape index (κ1) is 11.0. The molecular formula is C16H15NO. The van der Waals surface area contributed by atoms with E-state index in [9.17, 15) is 4.79 Å². The number of H-pyrrole nitrogens is 1. The van der Waals surface area contributed by atoms with Gasteiger partial charge < -0.3 is 4.98 Å². The molecule has 3 rings (SSSR count).